The van der Waals surface area contributed by atoms with Crippen molar-refractivity contribution >= 4 is 15.7 Å². The van der Waals surface area contributed by atoms with Crippen molar-refractivity contribution in [2.45, 2.75) is 30.6 Å². The van der Waals surface area contributed by atoms with E-state index in [2.05, 4.69) is 10.0 Å². The Morgan fingerprint density at radius 3 is 2.26 bits per heavy atom. The molecule has 19 heavy (non-hydrogen) atoms. The van der Waals surface area contributed by atoms with Gasteiger partial charge in [-0.1, -0.05) is 12.8 Å². The average Bonchev–Trinajstić information content (AvgIpc) is 2.43. The van der Waals surface area contributed by atoms with Crippen LogP contribution in [0.2, 0.25) is 0 Å². The molecule has 5 nitrogen and oxygen atoms in total. The summed E-state index contributed by atoms with van der Waals surface area (Å²) in [6.07, 6.45) is 4.02. The minimum atomic E-state index is -3.35. The molecule has 0 bridgehead atoms. The van der Waals surface area contributed by atoms with Crippen molar-refractivity contribution in [3.05, 3.63) is 24.3 Å². The Morgan fingerprint density at radius 1 is 1.05 bits per heavy atom. The summed E-state index contributed by atoms with van der Waals surface area (Å²) in [5.41, 5.74) is 0.914. The van der Waals surface area contributed by atoms with E-state index in [4.69, 9.17) is 5.11 Å². The van der Waals surface area contributed by atoms with E-state index in [0.29, 0.717) is 0 Å². The second-order valence-corrected chi connectivity index (χ2v) is 6.18. The van der Waals surface area contributed by atoms with E-state index >= 15 is 0 Å². The molecule has 0 aromatic heterocycles. The van der Waals surface area contributed by atoms with Gasteiger partial charge in [-0.05, 0) is 44.2 Å². The van der Waals surface area contributed by atoms with Crippen LogP contribution < -0.4 is 10.0 Å². The lowest BCUT2D eigenvalue weighted by atomic mass is 10.2. The van der Waals surface area contributed by atoms with Gasteiger partial charge in [0.25, 0.3) is 0 Å². The van der Waals surface area contributed by atoms with Crippen molar-refractivity contribution in [1.82, 2.24) is 4.72 Å². The summed E-state index contributed by atoms with van der Waals surface area (Å²) in [7, 11) is -1.96. The first-order chi connectivity index (χ1) is 9.10. The van der Waals surface area contributed by atoms with Gasteiger partial charge in [0.05, 0.1) is 4.90 Å². The lowest BCUT2D eigenvalue weighted by molar-refractivity contribution is 0.283. The van der Waals surface area contributed by atoms with Gasteiger partial charge >= 0.3 is 0 Å². The predicted molar refractivity (Wildman–Crippen MR) is 76.7 cm³/mol. The van der Waals surface area contributed by atoms with Crippen LogP contribution in [0.3, 0.4) is 0 Å². The van der Waals surface area contributed by atoms with E-state index in [1.54, 1.807) is 24.3 Å². The Balaban J connectivity index is 2.37. The van der Waals surface area contributed by atoms with Crippen LogP contribution in [-0.2, 0) is 10.0 Å². The molecule has 3 N–H and O–H groups in total. The molecule has 0 atom stereocenters. The first-order valence-corrected chi connectivity index (χ1v) is 7.97. The molecule has 0 amide bonds. The highest BCUT2D eigenvalue weighted by Crippen LogP contribution is 2.13. The van der Waals surface area contributed by atoms with Crippen molar-refractivity contribution < 1.29 is 13.5 Å². The van der Waals surface area contributed by atoms with Crippen LogP contribution in [0.5, 0.6) is 0 Å². The molecule has 1 aromatic rings. The van der Waals surface area contributed by atoms with Gasteiger partial charge in [0, 0.05) is 18.8 Å². The summed E-state index contributed by atoms with van der Waals surface area (Å²) in [6, 6.07) is 6.69. The second-order valence-electron chi connectivity index (χ2n) is 4.30. The van der Waals surface area contributed by atoms with E-state index in [0.717, 1.165) is 37.9 Å². The maximum Gasteiger partial charge on any atom is 0.240 e. The fourth-order valence-corrected chi connectivity index (χ4v) is 2.42. The molecule has 0 radical (unpaired) electrons. The number of aliphatic hydroxyl groups is 1. The van der Waals surface area contributed by atoms with Crippen molar-refractivity contribution in [1.29, 1.82) is 0 Å². The highest BCUT2D eigenvalue weighted by atomic mass is 32.2. The van der Waals surface area contributed by atoms with Crippen LogP contribution in [0.1, 0.15) is 25.7 Å². The number of anilines is 1. The van der Waals surface area contributed by atoms with Crippen LogP contribution in [-0.4, -0.2) is 33.7 Å². The van der Waals surface area contributed by atoms with Gasteiger partial charge in [0.1, 0.15) is 0 Å². The quantitative estimate of drug-likeness (QED) is 0.602. The highest BCUT2D eigenvalue weighted by Gasteiger charge is 2.09. The van der Waals surface area contributed by atoms with E-state index < -0.39 is 10.0 Å². The summed E-state index contributed by atoms with van der Waals surface area (Å²) in [5.74, 6) is 0. The molecule has 0 fully saturated rings. The largest absolute Gasteiger partial charge is 0.396 e. The van der Waals surface area contributed by atoms with E-state index in [-0.39, 0.29) is 11.5 Å². The van der Waals surface area contributed by atoms with E-state index in [1.807, 2.05) is 0 Å². The number of rotatable bonds is 9. The molecule has 0 saturated carbocycles. The highest BCUT2D eigenvalue weighted by molar-refractivity contribution is 7.89. The topological polar surface area (TPSA) is 78.4 Å². The van der Waals surface area contributed by atoms with E-state index in [9.17, 15) is 8.42 Å². The Hall–Kier alpha value is -1.11. The SMILES string of the molecule is CNS(=O)(=O)c1ccc(NCCCCCCO)cc1. The molecular weight excluding hydrogens is 264 g/mol. The van der Waals surface area contributed by atoms with Crippen LogP contribution in [0, 0.1) is 0 Å². The Morgan fingerprint density at radius 2 is 1.68 bits per heavy atom. The second kappa shape index (κ2) is 8.14. The van der Waals surface area contributed by atoms with Gasteiger partial charge < -0.3 is 10.4 Å². The molecular formula is C13H22N2O3S. The summed E-state index contributed by atoms with van der Waals surface area (Å²) in [4.78, 5) is 0.267. The molecule has 6 heteroatoms. The number of sulfonamides is 1. The smallest absolute Gasteiger partial charge is 0.240 e. The third-order valence-corrected chi connectivity index (χ3v) is 4.28. The monoisotopic (exact) mass is 286 g/mol. The van der Waals surface area contributed by atoms with Crippen LogP contribution in [0.25, 0.3) is 0 Å². The van der Waals surface area contributed by atoms with Gasteiger partial charge in [0.15, 0.2) is 0 Å². The minimum absolute atomic E-state index is 0.259. The van der Waals surface area contributed by atoms with E-state index in [1.165, 1.54) is 7.05 Å². The number of benzene rings is 1. The lowest BCUT2D eigenvalue weighted by Crippen LogP contribution is -2.18. The average molecular weight is 286 g/mol. The van der Waals surface area contributed by atoms with Gasteiger partial charge in [0.2, 0.25) is 10.0 Å². The molecule has 0 spiro atoms. The molecule has 0 aliphatic heterocycles. The summed E-state index contributed by atoms with van der Waals surface area (Å²) >= 11 is 0. The summed E-state index contributed by atoms with van der Waals surface area (Å²) < 4.78 is 25.3. The van der Waals surface area contributed by atoms with Gasteiger partial charge in [-0.3, -0.25) is 0 Å². The number of unbranched alkanes of at least 4 members (excludes halogenated alkanes) is 3. The van der Waals surface area contributed by atoms with Crippen LogP contribution >= 0.6 is 0 Å². The molecule has 108 valence electrons. The zero-order valence-corrected chi connectivity index (χ0v) is 12.0. The molecule has 0 unspecified atom stereocenters. The summed E-state index contributed by atoms with van der Waals surface area (Å²) in [6.45, 7) is 1.11. The number of nitrogens with one attached hydrogen (secondary N) is 2. The molecule has 0 saturated heterocycles. The maximum atomic E-state index is 11.5. The third-order valence-electron chi connectivity index (χ3n) is 2.85. The first-order valence-electron chi connectivity index (χ1n) is 6.48. The molecule has 0 heterocycles. The number of aliphatic hydroxyl groups excluding tert-OH is 1. The molecule has 0 aliphatic carbocycles. The zero-order chi connectivity index (χ0) is 14.1. The van der Waals surface area contributed by atoms with Gasteiger partial charge in [-0.2, -0.15) is 0 Å². The standard InChI is InChI=1S/C13H22N2O3S/c1-14-19(17,18)13-8-6-12(7-9-13)15-10-4-2-3-5-11-16/h6-9,14-16H,2-5,10-11H2,1H3. The van der Waals surface area contributed by atoms with Crippen molar-refractivity contribution in [3.63, 3.8) is 0 Å². The maximum absolute atomic E-state index is 11.5. The fourth-order valence-electron chi connectivity index (χ4n) is 1.69. The fraction of sp³-hybridized carbons (Fsp3) is 0.538. The van der Waals surface area contributed by atoms with Gasteiger partial charge in [-0.25, -0.2) is 13.1 Å². The lowest BCUT2D eigenvalue weighted by Gasteiger charge is -2.07. The minimum Gasteiger partial charge on any atom is -0.396 e. The molecule has 0 aliphatic rings. The molecule has 1 rings (SSSR count). The normalized spacial score (nSPS) is 11.5. The molecule has 1 aromatic carbocycles. The van der Waals surface area contributed by atoms with Crippen LogP contribution in [0.15, 0.2) is 29.2 Å². The zero-order valence-electron chi connectivity index (χ0n) is 11.2. The number of hydrogen-bond donors (Lipinski definition) is 3. The summed E-state index contributed by atoms with van der Waals surface area (Å²) in [5, 5.41) is 11.9. The van der Waals surface area contributed by atoms with Gasteiger partial charge in [-0.15, -0.1) is 0 Å². The Kier molecular flexibility index (Phi) is 6.83. The first kappa shape index (κ1) is 15.9. The van der Waals surface area contributed by atoms with Crippen molar-refractivity contribution in [3.8, 4) is 0 Å². The van der Waals surface area contributed by atoms with Crippen molar-refractivity contribution in [2.75, 3.05) is 25.5 Å². The predicted octanol–water partition coefficient (Wildman–Crippen LogP) is 1.56. The van der Waals surface area contributed by atoms with Crippen molar-refractivity contribution in [2.24, 2.45) is 0 Å². The number of hydrogen-bond acceptors (Lipinski definition) is 4. The third kappa shape index (κ3) is 5.59. The van der Waals surface area contributed by atoms with Crippen LogP contribution in [0.4, 0.5) is 5.69 Å². The Bertz CT molecular complexity index is 457. The Labute approximate surface area is 115 Å².